The van der Waals surface area contributed by atoms with Crippen LogP contribution < -0.4 is 4.72 Å². The van der Waals surface area contributed by atoms with E-state index in [1.807, 2.05) is 19.9 Å². The van der Waals surface area contributed by atoms with Crippen LogP contribution in [-0.2, 0) is 10.0 Å². The van der Waals surface area contributed by atoms with Crippen LogP contribution in [0.25, 0.3) is 0 Å². The van der Waals surface area contributed by atoms with Crippen molar-refractivity contribution in [2.75, 3.05) is 0 Å². The highest BCUT2D eigenvalue weighted by molar-refractivity contribution is 7.89. The zero-order valence-corrected chi connectivity index (χ0v) is 12.1. The Morgan fingerprint density at radius 3 is 2.47 bits per heavy atom. The summed E-state index contributed by atoms with van der Waals surface area (Å²) >= 11 is 5.88. The molecule has 0 heterocycles. The largest absolute Gasteiger partial charge is 0.243 e. The second kappa shape index (κ2) is 6.08. The highest BCUT2D eigenvalue weighted by Crippen LogP contribution is 2.23. The molecule has 19 heavy (non-hydrogen) atoms. The van der Waals surface area contributed by atoms with Crippen LogP contribution in [0, 0.1) is 29.6 Å². The van der Waals surface area contributed by atoms with Crippen molar-refractivity contribution in [2.24, 2.45) is 5.92 Å². The number of rotatable bonds is 4. The molecule has 4 nitrogen and oxygen atoms in total. The van der Waals surface area contributed by atoms with E-state index < -0.39 is 16.1 Å². The van der Waals surface area contributed by atoms with Gasteiger partial charge in [0.05, 0.1) is 22.7 Å². The Labute approximate surface area is 118 Å². The standard InChI is InChI=1S/C13H13ClN2O2S/c1-4-12(9(2)3)16-19(17,18)13-6-5-10(8-15)7-11(13)14/h1,5-7,9,12,16H,2-3H3. The van der Waals surface area contributed by atoms with Gasteiger partial charge in [0.25, 0.3) is 0 Å². The Balaban J connectivity index is 3.16. The molecular formula is C13H13ClN2O2S. The van der Waals surface area contributed by atoms with E-state index in [0.29, 0.717) is 5.56 Å². The lowest BCUT2D eigenvalue weighted by molar-refractivity contribution is 0.518. The van der Waals surface area contributed by atoms with Gasteiger partial charge < -0.3 is 0 Å². The number of benzene rings is 1. The molecule has 1 rings (SSSR count). The molecule has 0 aliphatic carbocycles. The van der Waals surface area contributed by atoms with E-state index in [-0.39, 0.29) is 15.8 Å². The van der Waals surface area contributed by atoms with E-state index in [0.717, 1.165) is 0 Å². The zero-order valence-electron chi connectivity index (χ0n) is 10.5. The first-order chi connectivity index (χ1) is 8.81. The number of halogens is 1. The molecule has 1 N–H and O–H groups in total. The van der Waals surface area contributed by atoms with Gasteiger partial charge in [0.15, 0.2) is 0 Å². The molecule has 0 radical (unpaired) electrons. The van der Waals surface area contributed by atoms with Gasteiger partial charge in [-0.05, 0) is 24.1 Å². The first-order valence-corrected chi connectivity index (χ1v) is 7.36. The average molecular weight is 297 g/mol. The quantitative estimate of drug-likeness (QED) is 0.866. The maximum absolute atomic E-state index is 12.2. The molecule has 1 aromatic carbocycles. The summed E-state index contributed by atoms with van der Waals surface area (Å²) in [5, 5.41) is 8.70. The first kappa shape index (κ1) is 15.5. The molecule has 0 saturated carbocycles. The van der Waals surface area contributed by atoms with Gasteiger partial charge in [-0.25, -0.2) is 8.42 Å². The van der Waals surface area contributed by atoms with Crippen LogP contribution in [-0.4, -0.2) is 14.5 Å². The summed E-state index contributed by atoms with van der Waals surface area (Å²) in [6.45, 7) is 3.63. The highest BCUT2D eigenvalue weighted by Gasteiger charge is 2.23. The Bertz CT molecular complexity index is 654. The molecule has 1 atom stereocenters. The Morgan fingerprint density at radius 1 is 1.42 bits per heavy atom. The number of hydrogen-bond donors (Lipinski definition) is 1. The number of hydrogen-bond acceptors (Lipinski definition) is 3. The van der Waals surface area contributed by atoms with Crippen molar-refractivity contribution in [1.82, 2.24) is 4.72 Å². The molecule has 0 saturated heterocycles. The van der Waals surface area contributed by atoms with Crippen LogP contribution in [0.15, 0.2) is 23.1 Å². The number of nitriles is 1. The SMILES string of the molecule is C#CC(NS(=O)(=O)c1ccc(C#N)cc1Cl)C(C)C. The molecule has 0 aliphatic rings. The Morgan fingerprint density at radius 2 is 2.05 bits per heavy atom. The molecule has 6 heteroatoms. The Kier molecular flexibility index (Phi) is 4.97. The smallest absolute Gasteiger partial charge is 0.207 e. The summed E-state index contributed by atoms with van der Waals surface area (Å²) in [5.41, 5.74) is 0.293. The number of sulfonamides is 1. The second-order valence-electron chi connectivity index (χ2n) is 4.27. The number of terminal acetylenes is 1. The topological polar surface area (TPSA) is 70.0 Å². The predicted molar refractivity (Wildman–Crippen MR) is 73.9 cm³/mol. The molecule has 0 spiro atoms. The van der Waals surface area contributed by atoms with Gasteiger partial charge in [-0.2, -0.15) is 9.98 Å². The molecule has 0 fully saturated rings. The third kappa shape index (κ3) is 3.71. The lowest BCUT2D eigenvalue weighted by Crippen LogP contribution is -2.37. The predicted octanol–water partition coefficient (Wildman–Crippen LogP) is 2.15. The fourth-order valence-electron chi connectivity index (χ4n) is 1.38. The van der Waals surface area contributed by atoms with Gasteiger partial charge in [-0.1, -0.05) is 31.4 Å². The molecule has 0 aromatic heterocycles. The number of nitrogens with zero attached hydrogens (tertiary/aromatic N) is 1. The van der Waals surface area contributed by atoms with Gasteiger partial charge in [-0.15, -0.1) is 6.42 Å². The summed E-state index contributed by atoms with van der Waals surface area (Å²) in [5.74, 6) is 2.34. The van der Waals surface area contributed by atoms with E-state index in [1.54, 1.807) is 0 Å². The van der Waals surface area contributed by atoms with Crippen molar-refractivity contribution in [3.63, 3.8) is 0 Å². The minimum atomic E-state index is -3.81. The lowest BCUT2D eigenvalue weighted by Gasteiger charge is -2.17. The van der Waals surface area contributed by atoms with Crippen LogP contribution in [0.3, 0.4) is 0 Å². The summed E-state index contributed by atoms with van der Waals surface area (Å²) in [6, 6.07) is 5.25. The highest BCUT2D eigenvalue weighted by atomic mass is 35.5. The van der Waals surface area contributed by atoms with E-state index in [9.17, 15) is 8.42 Å². The first-order valence-electron chi connectivity index (χ1n) is 5.50. The van der Waals surface area contributed by atoms with E-state index >= 15 is 0 Å². The monoisotopic (exact) mass is 296 g/mol. The van der Waals surface area contributed by atoms with Crippen molar-refractivity contribution in [2.45, 2.75) is 24.8 Å². The molecule has 1 aromatic rings. The molecule has 100 valence electrons. The minimum absolute atomic E-state index is 0.00826. The van der Waals surface area contributed by atoms with Crippen molar-refractivity contribution >= 4 is 21.6 Å². The fraction of sp³-hybridized carbons (Fsp3) is 0.308. The minimum Gasteiger partial charge on any atom is -0.207 e. The lowest BCUT2D eigenvalue weighted by atomic mass is 10.1. The van der Waals surface area contributed by atoms with Gasteiger partial charge >= 0.3 is 0 Å². The van der Waals surface area contributed by atoms with E-state index in [4.69, 9.17) is 23.3 Å². The van der Waals surface area contributed by atoms with Gasteiger partial charge in [0.2, 0.25) is 10.0 Å². The van der Waals surface area contributed by atoms with Crippen LogP contribution in [0.2, 0.25) is 5.02 Å². The van der Waals surface area contributed by atoms with Gasteiger partial charge in [0.1, 0.15) is 4.90 Å². The van der Waals surface area contributed by atoms with Crippen molar-refractivity contribution in [1.29, 1.82) is 5.26 Å². The third-order valence-electron chi connectivity index (χ3n) is 2.48. The van der Waals surface area contributed by atoms with Crippen molar-refractivity contribution in [3.8, 4) is 18.4 Å². The molecule has 0 bridgehead atoms. The van der Waals surface area contributed by atoms with Gasteiger partial charge in [-0.3, -0.25) is 0 Å². The summed E-state index contributed by atoms with van der Waals surface area (Å²) in [6.07, 6.45) is 5.29. The normalized spacial score (nSPS) is 12.7. The molecule has 1 unspecified atom stereocenters. The second-order valence-corrected chi connectivity index (χ2v) is 6.36. The van der Waals surface area contributed by atoms with Gasteiger partial charge in [0, 0.05) is 0 Å². The van der Waals surface area contributed by atoms with Crippen molar-refractivity contribution < 1.29 is 8.42 Å². The van der Waals surface area contributed by atoms with Crippen LogP contribution >= 0.6 is 11.6 Å². The van der Waals surface area contributed by atoms with E-state index in [1.165, 1.54) is 18.2 Å². The molecular weight excluding hydrogens is 284 g/mol. The number of nitrogens with one attached hydrogen (secondary N) is 1. The van der Waals surface area contributed by atoms with Crippen LogP contribution in [0.5, 0.6) is 0 Å². The average Bonchev–Trinajstić information content (AvgIpc) is 2.35. The van der Waals surface area contributed by atoms with Crippen LogP contribution in [0.4, 0.5) is 0 Å². The third-order valence-corrected chi connectivity index (χ3v) is 4.40. The molecule has 0 amide bonds. The van der Waals surface area contributed by atoms with Crippen LogP contribution in [0.1, 0.15) is 19.4 Å². The summed E-state index contributed by atoms with van der Waals surface area (Å²) < 4.78 is 26.7. The maximum atomic E-state index is 12.2. The molecule has 0 aliphatic heterocycles. The van der Waals surface area contributed by atoms with Crippen molar-refractivity contribution in [3.05, 3.63) is 28.8 Å². The zero-order chi connectivity index (χ0) is 14.6. The van der Waals surface area contributed by atoms with E-state index in [2.05, 4.69) is 10.6 Å². The Hall–Kier alpha value is -1.53. The maximum Gasteiger partial charge on any atom is 0.243 e. The summed E-state index contributed by atoms with van der Waals surface area (Å²) in [7, 11) is -3.81. The fourth-order valence-corrected chi connectivity index (χ4v) is 3.23. The summed E-state index contributed by atoms with van der Waals surface area (Å²) in [4.78, 5) is -0.0888.